The molecule has 1 amide bonds. The molecule has 0 aromatic heterocycles. The monoisotopic (exact) mass is 902 g/mol. The lowest BCUT2D eigenvalue weighted by Crippen LogP contribution is -2.70. The number of benzene rings is 4. The Morgan fingerprint density at radius 1 is 0.909 bits per heavy atom. The first-order chi connectivity index (χ1) is 32.4. The summed E-state index contributed by atoms with van der Waals surface area (Å²) in [5.41, 5.74) is 3.37. The van der Waals surface area contributed by atoms with Crippen LogP contribution in [-0.2, 0) is 25.6 Å². The molecule has 7 atom stereocenters. The van der Waals surface area contributed by atoms with Crippen LogP contribution in [-0.4, -0.2) is 84.9 Å². The second kappa shape index (κ2) is 20.9. The lowest BCUT2D eigenvalue weighted by atomic mass is 9.55. The van der Waals surface area contributed by atoms with Crippen molar-refractivity contribution >= 4 is 22.6 Å². The molecule has 2 N–H and O–H groups in total. The molecular weight excluding hydrogens is 841 g/mol. The van der Waals surface area contributed by atoms with Crippen molar-refractivity contribution in [2.45, 2.75) is 102 Å². The standard InChI is InChI=1S/C53H62N2O11/c1-3-26-63-53-48(55(52(58)59-4-2)33-35-18-22-46-47(28-35)62-34-61-46)32-44(54-66-49-17-9-12-27-60-49)42-30-38(15-7-10-24-56)41(16-8-11-25-57)50(51(42)53)43-31-40(21-23-45(43)65-53)64-39-20-19-36-13-5-6-14-37(36)29-39/h3,5-6,13-14,18-23,28-31,38,41,48-51,56-57H,1,4,7-12,15-17,24-27,32-34H2,2H3. The predicted octanol–water partition coefficient (Wildman–Crippen LogP) is 10.2. The lowest BCUT2D eigenvalue weighted by molar-refractivity contribution is -0.256. The van der Waals surface area contributed by atoms with Crippen molar-refractivity contribution < 1.29 is 53.0 Å². The van der Waals surface area contributed by atoms with E-state index in [1.165, 1.54) is 0 Å². The highest BCUT2D eigenvalue weighted by Gasteiger charge is 2.66. The molecule has 13 nitrogen and oxygen atoms in total. The molecule has 66 heavy (non-hydrogen) atoms. The number of aliphatic hydroxyl groups is 2. The number of amides is 1. The van der Waals surface area contributed by atoms with E-state index in [1.54, 1.807) is 17.9 Å². The SMILES string of the molecule is C=CCOC12Oc3ccc(Oc4ccc5ccccc5c4)cc3C3C(CCCCO)C(CCCCO)C=C(C(=NOC4CCCCO4)CC1N(Cc1ccc4c(c1)OCO4)C(=O)OCC)C32. The molecule has 7 unspecified atom stereocenters. The van der Waals surface area contributed by atoms with E-state index in [-0.39, 0.29) is 63.9 Å². The van der Waals surface area contributed by atoms with E-state index in [0.29, 0.717) is 60.3 Å². The zero-order valence-electron chi connectivity index (χ0n) is 37.8. The van der Waals surface area contributed by atoms with E-state index < -0.39 is 30.1 Å². The Morgan fingerprint density at radius 2 is 1.70 bits per heavy atom. The van der Waals surface area contributed by atoms with Crippen LogP contribution in [0.1, 0.15) is 88.2 Å². The van der Waals surface area contributed by atoms with Crippen LogP contribution in [0.5, 0.6) is 28.7 Å². The summed E-state index contributed by atoms with van der Waals surface area (Å²) in [4.78, 5) is 22.7. The van der Waals surface area contributed by atoms with E-state index >= 15 is 0 Å². The molecule has 13 heteroatoms. The van der Waals surface area contributed by atoms with Crippen molar-refractivity contribution in [3.05, 3.63) is 114 Å². The summed E-state index contributed by atoms with van der Waals surface area (Å²) >= 11 is 0. The van der Waals surface area contributed by atoms with Gasteiger partial charge in [0, 0.05) is 44.1 Å². The van der Waals surface area contributed by atoms with Crippen molar-refractivity contribution in [2.75, 3.05) is 39.8 Å². The maximum atomic E-state index is 14.7. The minimum Gasteiger partial charge on any atom is -0.459 e. The minimum absolute atomic E-state index is 0.0294. The van der Waals surface area contributed by atoms with Gasteiger partial charge in [-0.05, 0) is 122 Å². The number of fused-ring (bicyclic) bond motifs is 4. The maximum Gasteiger partial charge on any atom is 0.410 e. The van der Waals surface area contributed by atoms with Gasteiger partial charge in [0.05, 0.1) is 31.5 Å². The number of ether oxygens (including phenoxy) is 7. The summed E-state index contributed by atoms with van der Waals surface area (Å²) in [7, 11) is 0. The van der Waals surface area contributed by atoms with Crippen LogP contribution in [0.2, 0.25) is 0 Å². The van der Waals surface area contributed by atoms with Crippen LogP contribution in [0.15, 0.2) is 108 Å². The predicted molar refractivity (Wildman–Crippen MR) is 249 cm³/mol. The third-order valence-electron chi connectivity index (χ3n) is 13.7. The molecule has 3 heterocycles. The Balaban J connectivity index is 1.23. The number of nitrogens with zero attached hydrogens (tertiary/aromatic N) is 2. The molecule has 1 saturated carbocycles. The van der Waals surface area contributed by atoms with E-state index in [0.717, 1.165) is 66.0 Å². The van der Waals surface area contributed by atoms with Gasteiger partial charge in [0.1, 0.15) is 23.3 Å². The van der Waals surface area contributed by atoms with Crippen molar-refractivity contribution in [1.29, 1.82) is 0 Å². The fourth-order valence-corrected chi connectivity index (χ4v) is 10.7. The number of oxime groups is 1. The number of allylic oxidation sites excluding steroid dienone is 1. The van der Waals surface area contributed by atoms with Gasteiger partial charge < -0.3 is 48.2 Å². The number of rotatable bonds is 19. The van der Waals surface area contributed by atoms with Crippen LogP contribution < -0.4 is 18.9 Å². The number of carbonyl (C=O) groups excluding carboxylic acids is 1. The topological polar surface area (TPSA) is 147 Å². The first kappa shape index (κ1) is 45.6. The summed E-state index contributed by atoms with van der Waals surface area (Å²) in [5.74, 6) is 1.07. The van der Waals surface area contributed by atoms with Gasteiger partial charge in [-0.3, -0.25) is 4.90 Å². The molecular formula is C53H62N2O11. The first-order valence-corrected chi connectivity index (χ1v) is 23.8. The highest BCUT2D eigenvalue weighted by Crippen LogP contribution is 2.62. The highest BCUT2D eigenvalue weighted by atomic mass is 16.8. The van der Waals surface area contributed by atoms with Crippen LogP contribution in [0, 0.1) is 17.8 Å². The fourth-order valence-electron chi connectivity index (χ4n) is 10.7. The van der Waals surface area contributed by atoms with Gasteiger partial charge in [0.15, 0.2) is 11.5 Å². The zero-order valence-corrected chi connectivity index (χ0v) is 37.8. The fraction of sp³-hybridized carbons (Fsp3) is 0.472. The van der Waals surface area contributed by atoms with Crippen LogP contribution >= 0.6 is 0 Å². The summed E-state index contributed by atoms with van der Waals surface area (Å²) in [5, 5.41) is 27.2. The zero-order chi connectivity index (χ0) is 45.5. The molecule has 5 aliphatic rings. The van der Waals surface area contributed by atoms with Gasteiger partial charge >= 0.3 is 6.09 Å². The summed E-state index contributed by atoms with van der Waals surface area (Å²) in [6.07, 6.45) is 10.4. The Hall–Kier alpha value is -5.60. The van der Waals surface area contributed by atoms with Gasteiger partial charge in [-0.25, -0.2) is 4.79 Å². The molecule has 1 saturated heterocycles. The number of hydrogen-bond donors (Lipinski definition) is 2. The molecule has 4 aromatic carbocycles. The van der Waals surface area contributed by atoms with Crippen LogP contribution in [0.25, 0.3) is 10.8 Å². The second-order valence-corrected chi connectivity index (χ2v) is 17.8. The molecule has 0 radical (unpaired) electrons. The molecule has 2 aliphatic carbocycles. The van der Waals surface area contributed by atoms with Crippen LogP contribution in [0.4, 0.5) is 4.79 Å². The Labute approximate surface area is 386 Å². The van der Waals surface area contributed by atoms with Crippen molar-refractivity contribution in [1.82, 2.24) is 4.90 Å². The van der Waals surface area contributed by atoms with Gasteiger partial charge in [-0.2, -0.15) is 0 Å². The third-order valence-corrected chi connectivity index (χ3v) is 13.7. The van der Waals surface area contributed by atoms with E-state index in [1.807, 2.05) is 54.6 Å². The Kier molecular flexibility index (Phi) is 14.4. The molecule has 350 valence electrons. The van der Waals surface area contributed by atoms with Crippen molar-refractivity contribution in [3.8, 4) is 28.7 Å². The van der Waals surface area contributed by atoms with Crippen molar-refractivity contribution in [3.63, 3.8) is 0 Å². The molecule has 2 fully saturated rings. The molecule has 9 rings (SSSR count). The summed E-state index contributed by atoms with van der Waals surface area (Å²) in [6, 6.07) is 25.1. The van der Waals surface area contributed by atoms with Crippen molar-refractivity contribution in [2.24, 2.45) is 22.9 Å². The quantitative estimate of drug-likeness (QED) is 0.0527. The normalized spacial score (nSPS) is 25.6. The van der Waals surface area contributed by atoms with E-state index in [9.17, 15) is 15.0 Å². The van der Waals surface area contributed by atoms with Gasteiger partial charge in [0.25, 0.3) is 0 Å². The van der Waals surface area contributed by atoms with Gasteiger partial charge in [-0.1, -0.05) is 66.5 Å². The lowest BCUT2D eigenvalue weighted by Gasteiger charge is -2.59. The molecule has 0 bridgehead atoms. The van der Waals surface area contributed by atoms with E-state index in [2.05, 4.69) is 36.9 Å². The van der Waals surface area contributed by atoms with Gasteiger partial charge in [-0.15, -0.1) is 6.58 Å². The second-order valence-electron chi connectivity index (χ2n) is 17.8. The number of carbonyl (C=O) groups is 1. The Bertz CT molecular complexity index is 2400. The summed E-state index contributed by atoms with van der Waals surface area (Å²) in [6.45, 7) is 7.17. The smallest absolute Gasteiger partial charge is 0.410 e. The number of hydrogen-bond acceptors (Lipinski definition) is 12. The average molecular weight is 903 g/mol. The largest absolute Gasteiger partial charge is 0.459 e. The minimum atomic E-state index is -1.48. The third kappa shape index (κ3) is 9.49. The number of aliphatic hydroxyl groups excluding tert-OH is 2. The highest BCUT2D eigenvalue weighted by molar-refractivity contribution is 6.03. The van der Waals surface area contributed by atoms with E-state index in [4.69, 9.17) is 43.2 Å². The molecule has 0 spiro atoms. The first-order valence-electron chi connectivity index (χ1n) is 23.8. The number of unbranched alkanes of at least 4 members (excludes halogenated alkanes) is 2. The molecule has 3 aliphatic heterocycles. The molecule has 4 aromatic rings. The maximum absolute atomic E-state index is 14.7. The Morgan fingerprint density at radius 3 is 2.50 bits per heavy atom. The average Bonchev–Trinajstić information content (AvgIpc) is 3.82. The van der Waals surface area contributed by atoms with Crippen LogP contribution in [0.3, 0.4) is 0 Å². The summed E-state index contributed by atoms with van der Waals surface area (Å²) < 4.78 is 44.6. The van der Waals surface area contributed by atoms with Gasteiger partial charge in [0.2, 0.25) is 18.9 Å².